The van der Waals surface area contributed by atoms with Crippen molar-refractivity contribution in [3.63, 3.8) is 0 Å². The number of allylic oxidation sites excluding steroid dienone is 4. The Kier molecular flexibility index (Phi) is 7.30. The zero-order valence-corrected chi connectivity index (χ0v) is 11.7. The quantitative estimate of drug-likeness (QED) is 0.430. The van der Waals surface area contributed by atoms with Crippen LogP contribution in [0.25, 0.3) is 0 Å². The smallest absolute Gasteiger partial charge is 1.00 e. The van der Waals surface area contributed by atoms with Crippen LogP contribution in [0.4, 0.5) is 0 Å². The van der Waals surface area contributed by atoms with Gasteiger partial charge in [0.1, 0.15) is 0 Å². The molecule has 0 unspecified atom stereocenters. The maximum Gasteiger partial charge on any atom is -1.00 e. The predicted octanol–water partition coefficient (Wildman–Crippen LogP) is -3.37. The second kappa shape index (κ2) is 5.66. The Hall–Kier alpha value is 0.991. The summed E-state index contributed by atoms with van der Waals surface area (Å²) < 4.78 is 1.60. The van der Waals surface area contributed by atoms with Crippen molar-refractivity contribution in [3.8, 4) is 0 Å². The molecule has 1 aliphatic rings. The summed E-state index contributed by atoms with van der Waals surface area (Å²) in [4.78, 5) is 0. The SMILES string of the molecule is C[Si](C)(C)C1=[C]([Ti+2])CC=C1.[Cl-].[Cl-]. The molecule has 0 saturated carbocycles. The first kappa shape index (κ1) is 15.5. The summed E-state index contributed by atoms with van der Waals surface area (Å²) in [6.07, 6.45) is 5.80. The average Bonchev–Trinajstić information content (AvgIpc) is 2.11. The zero-order valence-electron chi connectivity index (χ0n) is 7.62. The molecule has 0 amide bonds. The molecule has 0 heterocycles. The van der Waals surface area contributed by atoms with Gasteiger partial charge in [-0.3, -0.25) is 0 Å². The Balaban J connectivity index is 0. The van der Waals surface area contributed by atoms with E-state index in [-0.39, 0.29) is 24.8 Å². The molecule has 0 aromatic rings. The summed E-state index contributed by atoms with van der Waals surface area (Å²) in [5.74, 6) is 0. The van der Waals surface area contributed by atoms with E-state index in [1.165, 1.54) is 6.42 Å². The fourth-order valence-corrected chi connectivity index (χ4v) is 4.90. The Bertz CT molecular complexity index is 204. The first-order chi connectivity index (χ1) is 4.52. The molecule has 0 bridgehead atoms. The predicted molar refractivity (Wildman–Crippen MR) is 44.1 cm³/mol. The second-order valence-electron chi connectivity index (χ2n) is 3.75. The molecule has 0 aliphatic heterocycles. The number of hydrogen-bond acceptors (Lipinski definition) is 0. The first-order valence-electron chi connectivity index (χ1n) is 3.63. The molecule has 0 saturated heterocycles. The fourth-order valence-electron chi connectivity index (χ4n) is 1.21. The van der Waals surface area contributed by atoms with Gasteiger partial charge in [0.25, 0.3) is 0 Å². The van der Waals surface area contributed by atoms with Gasteiger partial charge in [0, 0.05) is 0 Å². The minimum absolute atomic E-state index is 0. The molecule has 0 spiro atoms. The number of hydrogen-bond donors (Lipinski definition) is 0. The monoisotopic (exact) mass is 255 g/mol. The van der Waals surface area contributed by atoms with E-state index in [1.807, 2.05) is 0 Å². The molecule has 0 N–H and O–H groups in total. The van der Waals surface area contributed by atoms with Crippen molar-refractivity contribution in [1.82, 2.24) is 0 Å². The first-order valence-corrected chi connectivity index (χ1v) is 7.91. The van der Waals surface area contributed by atoms with Crippen LogP contribution < -0.4 is 24.8 Å². The van der Waals surface area contributed by atoms with Crippen molar-refractivity contribution in [1.29, 1.82) is 0 Å². The van der Waals surface area contributed by atoms with Crippen LogP contribution in [0, 0.1) is 0 Å². The molecule has 67 valence electrons. The van der Waals surface area contributed by atoms with E-state index in [0.717, 1.165) is 0 Å². The van der Waals surface area contributed by atoms with Gasteiger partial charge < -0.3 is 24.8 Å². The normalized spacial score (nSPS) is 15.8. The van der Waals surface area contributed by atoms with Gasteiger partial charge >= 0.3 is 75.8 Å². The Labute approximate surface area is 100 Å². The van der Waals surface area contributed by atoms with Gasteiger partial charge in [0.15, 0.2) is 0 Å². The van der Waals surface area contributed by atoms with Gasteiger partial charge in [0.05, 0.1) is 0 Å². The van der Waals surface area contributed by atoms with Crippen molar-refractivity contribution in [2.75, 3.05) is 0 Å². The van der Waals surface area contributed by atoms with Gasteiger partial charge in [-0.25, -0.2) is 0 Å². The molecule has 0 fully saturated rings. The minimum atomic E-state index is -0.994. The third-order valence-electron chi connectivity index (χ3n) is 1.74. The molecule has 4 heteroatoms. The Morgan fingerprint density at radius 2 is 1.75 bits per heavy atom. The Morgan fingerprint density at radius 1 is 1.25 bits per heavy atom. The molecular formula is C8H13Cl2SiTi. The van der Waals surface area contributed by atoms with E-state index in [2.05, 4.69) is 52.2 Å². The van der Waals surface area contributed by atoms with Crippen molar-refractivity contribution >= 4 is 8.07 Å². The van der Waals surface area contributed by atoms with Crippen molar-refractivity contribution in [2.24, 2.45) is 0 Å². The molecular weight excluding hydrogens is 243 g/mol. The van der Waals surface area contributed by atoms with Crippen LogP contribution >= 0.6 is 0 Å². The van der Waals surface area contributed by atoms with E-state index < -0.39 is 8.07 Å². The third kappa shape index (κ3) is 3.80. The molecule has 0 aromatic carbocycles. The maximum absolute atomic E-state index is 2.40. The number of halogens is 2. The maximum atomic E-state index is 2.40. The average molecular weight is 256 g/mol. The molecule has 1 aliphatic carbocycles. The third-order valence-corrected chi connectivity index (χ3v) is 4.95. The van der Waals surface area contributed by atoms with E-state index in [4.69, 9.17) is 0 Å². The molecule has 0 atom stereocenters. The van der Waals surface area contributed by atoms with Crippen LogP contribution in [0.1, 0.15) is 6.42 Å². The summed E-state index contributed by atoms with van der Waals surface area (Å²) in [5.41, 5.74) is 0. The van der Waals surface area contributed by atoms with Crippen LogP contribution in [-0.2, 0) is 20.4 Å². The van der Waals surface area contributed by atoms with E-state index in [1.54, 1.807) is 9.07 Å². The minimum Gasteiger partial charge on any atom is -1.00 e. The van der Waals surface area contributed by atoms with Crippen molar-refractivity contribution in [2.45, 2.75) is 26.1 Å². The van der Waals surface area contributed by atoms with Crippen LogP contribution in [0.5, 0.6) is 0 Å². The fraction of sp³-hybridized carbons (Fsp3) is 0.500. The summed E-state index contributed by atoms with van der Waals surface area (Å²) in [5, 5.41) is 1.66. The topological polar surface area (TPSA) is 0 Å². The van der Waals surface area contributed by atoms with Gasteiger partial charge in [-0.15, -0.1) is 0 Å². The molecule has 12 heavy (non-hydrogen) atoms. The molecule has 0 nitrogen and oxygen atoms in total. The van der Waals surface area contributed by atoms with Crippen LogP contribution in [-0.4, -0.2) is 8.07 Å². The van der Waals surface area contributed by atoms with Gasteiger partial charge in [-0.05, 0) is 0 Å². The van der Waals surface area contributed by atoms with Gasteiger partial charge in [-0.1, -0.05) is 0 Å². The van der Waals surface area contributed by atoms with Crippen molar-refractivity contribution in [3.05, 3.63) is 21.2 Å². The largest absolute Gasteiger partial charge is 1.00 e. The summed E-state index contributed by atoms with van der Waals surface area (Å²) in [6.45, 7) is 7.21. The van der Waals surface area contributed by atoms with E-state index in [9.17, 15) is 0 Å². The Morgan fingerprint density at radius 3 is 1.92 bits per heavy atom. The van der Waals surface area contributed by atoms with Crippen LogP contribution in [0.3, 0.4) is 0 Å². The van der Waals surface area contributed by atoms with E-state index >= 15 is 0 Å². The molecule has 1 rings (SSSR count). The van der Waals surface area contributed by atoms with Crippen LogP contribution in [0.2, 0.25) is 19.6 Å². The molecule has 0 radical (unpaired) electrons. The summed E-state index contributed by atoms with van der Waals surface area (Å²) in [7, 11) is -0.994. The van der Waals surface area contributed by atoms with Crippen LogP contribution in [0.15, 0.2) is 21.2 Å². The molecule has 0 aromatic heterocycles. The number of rotatable bonds is 1. The second-order valence-corrected chi connectivity index (χ2v) is 9.73. The van der Waals surface area contributed by atoms with Gasteiger partial charge in [-0.2, -0.15) is 0 Å². The summed E-state index contributed by atoms with van der Waals surface area (Å²) in [6, 6.07) is 0. The standard InChI is InChI=1S/C8H13Si.2ClH.Ti/c1-9(2,3)8-6-4-5-7-8;;;/h4,6H,5H2,1-3H3;2*1H;/q;;;+2/p-2. The van der Waals surface area contributed by atoms with E-state index in [0.29, 0.717) is 0 Å². The zero-order chi connectivity index (χ0) is 7.78. The summed E-state index contributed by atoms with van der Waals surface area (Å²) >= 11 is 2.26. The van der Waals surface area contributed by atoms with Gasteiger partial charge in [0.2, 0.25) is 0 Å². The van der Waals surface area contributed by atoms with Crippen molar-refractivity contribution < 1.29 is 45.2 Å².